The zero-order valence-electron chi connectivity index (χ0n) is 15.8. The third-order valence-electron chi connectivity index (χ3n) is 4.69. The Hall–Kier alpha value is -3.60. The van der Waals surface area contributed by atoms with Gasteiger partial charge in [0.1, 0.15) is 22.9 Å². The number of hydrogen-bond donors (Lipinski definition) is 1. The van der Waals surface area contributed by atoms with Crippen molar-refractivity contribution in [1.82, 2.24) is 9.38 Å². The van der Waals surface area contributed by atoms with E-state index in [4.69, 9.17) is 9.72 Å². The highest BCUT2D eigenvalue weighted by molar-refractivity contribution is 5.96. The second-order valence-corrected chi connectivity index (χ2v) is 6.60. The van der Waals surface area contributed by atoms with Crippen LogP contribution >= 0.6 is 0 Å². The maximum absolute atomic E-state index is 12.9. The van der Waals surface area contributed by atoms with E-state index in [9.17, 15) is 4.79 Å². The molecule has 1 N–H and O–H groups in total. The molecule has 2 heterocycles. The third kappa shape index (κ3) is 3.34. The van der Waals surface area contributed by atoms with Crippen molar-refractivity contribution in [3.8, 4) is 17.0 Å². The molecule has 0 fully saturated rings. The molecule has 28 heavy (non-hydrogen) atoms. The molecule has 0 bridgehead atoms. The lowest BCUT2D eigenvalue weighted by atomic mass is 10.1. The van der Waals surface area contributed by atoms with Crippen LogP contribution in [-0.2, 0) is 11.2 Å². The Balaban J connectivity index is 1.73. The van der Waals surface area contributed by atoms with Gasteiger partial charge in [-0.2, -0.15) is 0 Å². The van der Waals surface area contributed by atoms with Gasteiger partial charge in [0.05, 0.1) is 13.5 Å². The maximum Gasteiger partial charge on any atom is 0.230 e. The normalized spacial score (nSPS) is 10.8. The van der Waals surface area contributed by atoms with Gasteiger partial charge in [-0.15, -0.1) is 0 Å². The molecule has 1 amide bonds. The van der Waals surface area contributed by atoms with E-state index < -0.39 is 0 Å². The fourth-order valence-corrected chi connectivity index (χ4v) is 3.32. The molecule has 0 aliphatic carbocycles. The molecular weight excluding hydrogens is 350 g/mol. The van der Waals surface area contributed by atoms with Crippen molar-refractivity contribution in [1.29, 1.82) is 0 Å². The van der Waals surface area contributed by atoms with Crippen molar-refractivity contribution in [3.05, 3.63) is 84.1 Å². The number of rotatable bonds is 5. The van der Waals surface area contributed by atoms with E-state index in [2.05, 4.69) is 5.32 Å². The molecule has 0 saturated heterocycles. The van der Waals surface area contributed by atoms with Gasteiger partial charge in [-0.3, -0.25) is 9.20 Å². The Labute approximate surface area is 163 Å². The molecule has 5 nitrogen and oxygen atoms in total. The lowest BCUT2D eigenvalue weighted by Crippen LogP contribution is -2.16. The molecule has 0 aliphatic heterocycles. The van der Waals surface area contributed by atoms with Gasteiger partial charge >= 0.3 is 0 Å². The number of imidazole rings is 1. The zero-order chi connectivity index (χ0) is 19.5. The summed E-state index contributed by atoms with van der Waals surface area (Å²) in [4.78, 5) is 17.7. The Kier molecular flexibility index (Phi) is 4.81. The number of anilines is 1. The number of amides is 1. The van der Waals surface area contributed by atoms with Crippen molar-refractivity contribution < 1.29 is 9.53 Å². The van der Waals surface area contributed by atoms with Crippen molar-refractivity contribution in [3.63, 3.8) is 0 Å². The zero-order valence-corrected chi connectivity index (χ0v) is 15.8. The SMILES string of the molecule is COc1ccccc1CC(=O)Nc1c(-c2ccccc2)nc2c(C)cccn12. The molecule has 0 aliphatic rings. The van der Waals surface area contributed by atoms with Crippen LogP contribution < -0.4 is 10.1 Å². The number of benzene rings is 2. The van der Waals surface area contributed by atoms with E-state index in [0.717, 1.165) is 28.0 Å². The summed E-state index contributed by atoms with van der Waals surface area (Å²) in [7, 11) is 1.61. The maximum atomic E-state index is 12.9. The number of para-hydroxylation sites is 1. The largest absolute Gasteiger partial charge is 0.496 e. The highest BCUT2D eigenvalue weighted by Gasteiger charge is 2.18. The van der Waals surface area contributed by atoms with E-state index in [1.807, 2.05) is 84.3 Å². The first-order chi connectivity index (χ1) is 13.7. The minimum absolute atomic E-state index is 0.120. The lowest BCUT2D eigenvalue weighted by Gasteiger charge is -2.10. The van der Waals surface area contributed by atoms with Crippen molar-refractivity contribution in [2.75, 3.05) is 12.4 Å². The number of aryl methyl sites for hydroxylation is 1. The molecule has 0 spiro atoms. The predicted molar refractivity (Wildman–Crippen MR) is 111 cm³/mol. The Bertz CT molecular complexity index is 1130. The van der Waals surface area contributed by atoms with Gasteiger partial charge in [0.25, 0.3) is 0 Å². The van der Waals surface area contributed by atoms with Crippen molar-refractivity contribution in [2.45, 2.75) is 13.3 Å². The van der Waals surface area contributed by atoms with Gasteiger partial charge in [-0.25, -0.2) is 4.98 Å². The van der Waals surface area contributed by atoms with Gasteiger partial charge in [-0.05, 0) is 24.6 Å². The number of carbonyl (C=O) groups excluding carboxylic acids is 1. The van der Waals surface area contributed by atoms with Crippen LogP contribution in [0.2, 0.25) is 0 Å². The average Bonchev–Trinajstić information content (AvgIpc) is 3.09. The minimum atomic E-state index is -0.120. The van der Waals surface area contributed by atoms with Crippen molar-refractivity contribution in [2.24, 2.45) is 0 Å². The molecule has 0 radical (unpaired) electrons. The van der Waals surface area contributed by atoms with Gasteiger partial charge in [0.2, 0.25) is 5.91 Å². The third-order valence-corrected chi connectivity index (χ3v) is 4.69. The number of fused-ring (bicyclic) bond motifs is 1. The van der Waals surface area contributed by atoms with Crippen LogP contribution in [0.15, 0.2) is 72.9 Å². The molecule has 4 aromatic rings. The highest BCUT2D eigenvalue weighted by atomic mass is 16.5. The average molecular weight is 371 g/mol. The number of aromatic nitrogens is 2. The van der Waals surface area contributed by atoms with E-state index in [1.54, 1.807) is 7.11 Å². The van der Waals surface area contributed by atoms with Crippen LogP contribution in [0.1, 0.15) is 11.1 Å². The number of ether oxygens (including phenoxy) is 1. The fraction of sp³-hybridized carbons (Fsp3) is 0.130. The molecule has 0 atom stereocenters. The summed E-state index contributed by atoms with van der Waals surface area (Å²) < 4.78 is 7.29. The molecule has 2 aromatic heterocycles. The Morgan fingerprint density at radius 2 is 1.79 bits per heavy atom. The number of methoxy groups -OCH3 is 1. The second-order valence-electron chi connectivity index (χ2n) is 6.60. The molecule has 0 saturated carbocycles. The fourth-order valence-electron chi connectivity index (χ4n) is 3.32. The molecule has 5 heteroatoms. The van der Waals surface area contributed by atoms with Crippen LogP contribution in [0.4, 0.5) is 5.82 Å². The van der Waals surface area contributed by atoms with Gasteiger partial charge in [-0.1, -0.05) is 54.6 Å². The Morgan fingerprint density at radius 1 is 1.04 bits per heavy atom. The number of carbonyl (C=O) groups is 1. The van der Waals surface area contributed by atoms with Crippen LogP contribution in [-0.4, -0.2) is 22.4 Å². The highest BCUT2D eigenvalue weighted by Crippen LogP contribution is 2.30. The summed E-state index contributed by atoms with van der Waals surface area (Å²) >= 11 is 0. The van der Waals surface area contributed by atoms with Crippen LogP contribution in [0.25, 0.3) is 16.9 Å². The predicted octanol–water partition coefficient (Wildman–Crippen LogP) is 4.50. The minimum Gasteiger partial charge on any atom is -0.496 e. The summed E-state index contributed by atoms with van der Waals surface area (Å²) in [5.74, 6) is 1.25. The smallest absolute Gasteiger partial charge is 0.230 e. The number of pyridine rings is 1. The monoisotopic (exact) mass is 371 g/mol. The second kappa shape index (κ2) is 7.56. The number of hydrogen-bond acceptors (Lipinski definition) is 3. The lowest BCUT2D eigenvalue weighted by molar-refractivity contribution is -0.115. The first-order valence-corrected chi connectivity index (χ1v) is 9.12. The quantitative estimate of drug-likeness (QED) is 0.562. The molecular formula is C23H21N3O2. The van der Waals surface area contributed by atoms with Gasteiger partial charge in [0.15, 0.2) is 0 Å². The van der Waals surface area contributed by atoms with E-state index in [1.165, 1.54) is 0 Å². The number of nitrogens with one attached hydrogen (secondary N) is 1. The topological polar surface area (TPSA) is 55.6 Å². The van der Waals surface area contributed by atoms with Gasteiger partial charge < -0.3 is 10.1 Å². The van der Waals surface area contributed by atoms with E-state index in [0.29, 0.717) is 11.6 Å². The summed E-state index contributed by atoms with van der Waals surface area (Å²) in [5, 5.41) is 3.07. The molecule has 0 unspecified atom stereocenters. The summed E-state index contributed by atoms with van der Waals surface area (Å²) in [5.41, 5.74) is 4.43. The van der Waals surface area contributed by atoms with Gasteiger partial charge in [0, 0.05) is 17.3 Å². The van der Waals surface area contributed by atoms with Crippen LogP contribution in [0.5, 0.6) is 5.75 Å². The first kappa shape index (κ1) is 17.8. The summed E-state index contributed by atoms with van der Waals surface area (Å²) in [6.07, 6.45) is 2.14. The van der Waals surface area contributed by atoms with Crippen molar-refractivity contribution >= 4 is 17.4 Å². The summed E-state index contributed by atoms with van der Waals surface area (Å²) in [6.45, 7) is 2.01. The van der Waals surface area contributed by atoms with E-state index >= 15 is 0 Å². The van der Waals surface area contributed by atoms with Crippen LogP contribution in [0.3, 0.4) is 0 Å². The van der Waals surface area contributed by atoms with Crippen LogP contribution in [0, 0.1) is 6.92 Å². The Morgan fingerprint density at radius 3 is 2.57 bits per heavy atom. The van der Waals surface area contributed by atoms with E-state index in [-0.39, 0.29) is 12.3 Å². The summed E-state index contributed by atoms with van der Waals surface area (Å²) in [6, 6.07) is 21.4. The molecule has 140 valence electrons. The molecule has 2 aromatic carbocycles. The number of nitrogens with zero attached hydrogens (tertiary/aromatic N) is 2. The standard InChI is InChI=1S/C23H21N3O2/c1-16-9-8-14-26-22(16)25-21(17-10-4-3-5-11-17)23(26)24-20(27)15-18-12-6-7-13-19(18)28-2/h3-14H,15H2,1-2H3,(H,24,27). The molecule has 4 rings (SSSR count). The first-order valence-electron chi connectivity index (χ1n) is 9.12.